The Balaban J connectivity index is 1.36. The number of para-hydroxylation sites is 1. The third-order valence-corrected chi connectivity index (χ3v) is 5.57. The minimum atomic E-state index is -4.47. The van der Waals surface area contributed by atoms with E-state index < -0.39 is 17.6 Å². The van der Waals surface area contributed by atoms with Crippen molar-refractivity contribution in [1.29, 1.82) is 0 Å². The number of imidazole rings is 1. The Labute approximate surface area is 197 Å². The summed E-state index contributed by atoms with van der Waals surface area (Å²) in [6, 6.07) is 15.6. The molecule has 0 aliphatic carbocycles. The number of rotatable bonds is 5. The van der Waals surface area contributed by atoms with Crippen molar-refractivity contribution >= 4 is 55.5 Å². The lowest BCUT2D eigenvalue weighted by Gasteiger charge is -2.08. The van der Waals surface area contributed by atoms with Crippen LogP contribution in [0, 0.1) is 0 Å². The fourth-order valence-electron chi connectivity index (χ4n) is 3.41. The third-order valence-electron chi connectivity index (χ3n) is 4.96. The molecule has 0 aliphatic rings. The van der Waals surface area contributed by atoms with Crippen LogP contribution in [0.15, 0.2) is 69.6 Å². The zero-order chi connectivity index (χ0) is 24.0. The monoisotopic (exact) mass is 530 g/mol. The number of hydrogen-bond acceptors (Lipinski definition) is 5. The number of benzene rings is 3. The predicted octanol–water partition coefficient (Wildman–Crippen LogP) is 6.73. The molecule has 0 radical (unpaired) electrons. The minimum absolute atomic E-state index is 0.0328. The molecule has 11 heteroatoms. The Morgan fingerprint density at radius 3 is 2.59 bits per heavy atom. The van der Waals surface area contributed by atoms with E-state index in [0.29, 0.717) is 33.7 Å². The largest absolute Gasteiger partial charge is 0.453 e. The van der Waals surface area contributed by atoms with Gasteiger partial charge in [-0.1, -0.05) is 12.1 Å². The highest BCUT2D eigenvalue weighted by Crippen LogP contribution is 2.36. The second-order valence-electron chi connectivity index (χ2n) is 7.34. The highest BCUT2D eigenvalue weighted by molar-refractivity contribution is 9.10. The Kier molecular flexibility index (Phi) is 5.20. The van der Waals surface area contributed by atoms with E-state index in [1.54, 1.807) is 48.5 Å². The molecular weight excluding hydrogens is 517 g/mol. The molecule has 5 aromatic rings. The molecule has 34 heavy (non-hydrogen) atoms. The van der Waals surface area contributed by atoms with Crippen LogP contribution in [0.4, 0.5) is 24.8 Å². The van der Waals surface area contributed by atoms with Gasteiger partial charge in [0, 0.05) is 15.5 Å². The van der Waals surface area contributed by atoms with Gasteiger partial charge in [-0.05, 0) is 64.5 Å². The number of fused-ring (bicyclic) bond motifs is 2. The molecule has 0 atom stereocenters. The molecule has 0 spiro atoms. The Morgan fingerprint density at radius 1 is 1.12 bits per heavy atom. The number of ether oxygens (including phenoxy) is 1. The van der Waals surface area contributed by atoms with Crippen molar-refractivity contribution in [3.63, 3.8) is 0 Å². The van der Waals surface area contributed by atoms with Gasteiger partial charge in [0.2, 0.25) is 5.95 Å². The van der Waals surface area contributed by atoms with Crippen LogP contribution in [0.5, 0.6) is 11.5 Å². The maximum absolute atomic E-state index is 13.1. The number of carbonyl (C=O) groups excluding carboxylic acids is 1. The molecule has 172 valence electrons. The van der Waals surface area contributed by atoms with Crippen LogP contribution in [0.25, 0.3) is 22.0 Å². The van der Waals surface area contributed by atoms with Crippen LogP contribution in [-0.2, 0) is 6.18 Å². The smallest absolute Gasteiger partial charge is 0.416 e. The van der Waals surface area contributed by atoms with Gasteiger partial charge in [0.25, 0.3) is 5.91 Å². The number of nitrogens with two attached hydrogens (primary N) is 1. The predicted molar refractivity (Wildman–Crippen MR) is 123 cm³/mol. The fourth-order valence-corrected chi connectivity index (χ4v) is 3.96. The SMILES string of the molecule is NC(=O)c1cc2cccc(Oc3ccc(Nc4nc5c(Br)cc(C(F)(F)F)cc5[nH]4)cc3)c2o1. The van der Waals surface area contributed by atoms with Crippen LogP contribution in [0.2, 0.25) is 0 Å². The topological polar surface area (TPSA) is 106 Å². The molecule has 0 fully saturated rings. The zero-order valence-electron chi connectivity index (χ0n) is 17.0. The van der Waals surface area contributed by atoms with E-state index in [1.165, 1.54) is 0 Å². The van der Waals surface area contributed by atoms with E-state index >= 15 is 0 Å². The maximum Gasteiger partial charge on any atom is 0.416 e. The Bertz CT molecular complexity index is 1540. The van der Waals surface area contributed by atoms with Crippen molar-refractivity contribution < 1.29 is 27.1 Å². The number of anilines is 2. The number of aromatic nitrogens is 2. The standard InChI is InChI=1S/C23H14BrF3N4O3/c24-15-9-12(23(25,26)27)10-16-19(15)31-22(30-16)29-13-4-6-14(7-5-13)33-17-3-1-2-11-8-18(21(28)32)34-20(11)17/h1-10H,(H2,28,32)(H2,29,30,31). The molecule has 3 aromatic carbocycles. The average Bonchev–Trinajstić information content (AvgIpc) is 3.39. The lowest BCUT2D eigenvalue weighted by molar-refractivity contribution is -0.137. The first-order valence-corrected chi connectivity index (χ1v) is 10.6. The van der Waals surface area contributed by atoms with Gasteiger partial charge < -0.3 is 25.2 Å². The number of nitrogens with one attached hydrogen (secondary N) is 2. The van der Waals surface area contributed by atoms with E-state index in [2.05, 4.69) is 31.2 Å². The van der Waals surface area contributed by atoms with Gasteiger partial charge in [0.1, 0.15) is 11.3 Å². The van der Waals surface area contributed by atoms with Gasteiger partial charge in [-0.2, -0.15) is 13.2 Å². The molecule has 0 saturated heterocycles. The first-order valence-electron chi connectivity index (χ1n) is 9.81. The number of nitrogens with zero attached hydrogens (tertiary/aromatic N) is 1. The van der Waals surface area contributed by atoms with E-state index in [0.717, 1.165) is 12.1 Å². The number of alkyl halides is 3. The lowest BCUT2D eigenvalue weighted by Crippen LogP contribution is -2.08. The lowest BCUT2D eigenvalue weighted by atomic mass is 10.2. The number of hydrogen-bond donors (Lipinski definition) is 3. The molecule has 2 heterocycles. The van der Waals surface area contributed by atoms with Crippen LogP contribution in [0.3, 0.4) is 0 Å². The Hall–Kier alpha value is -3.99. The van der Waals surface area contributed by atoms with E-state index in [4.69, 9.17) is 14.9 Å². The summed E-state index contributed by atoms with van der Waals surface area (Å²) in [4.78, 5) is 18.5. The Morgan fingerprint density at radius 2 is 1.88 bits per heavy atom. The number of carbonyl (C=O) groups is 1. The summed E-state index contributed by atoms with van der Waals surface area (Å²) < 4.78 is 50.8. The summed E-state index contributed by atoms with van der Waals surface area (Å²) in [5, 5.41) is 3.70. The summed E-state index contributed by atoms with van der Waals surface area (Å²) in [6.07, 6.45) is -4.47. The summed E-state index contributed by atoms with van der Waals surface area (Å²) in [5.74, 6) is 0.545. The summed E-state index contributed by atoms with van der Waals surface area (Å²) in [7, 11) is 0. The van der Waals surface area contributed by atoms with E-state index in [1.807, 2.05) is 0 Å². The summed E-state index contributed by atoms with van der Waals surface area (Å²) in [5.41, 5.74) is 6.14. The highest BCUT2D eigenvalue weighted by atomic mass is 79.9. The normalized spacial score (nSPS) is 11.8. The second-order valence-corrected chi connectivity index (χ2v) is 8.19. The number of halogens is 4. The van der Waals surface area contributed by atoms with Crippen LogP contribution >= 0.6 is 15.9 Å². The van der Waals surface area contributed by atoms with Gasteiger partial charge in [-0.15, -0.1) is 0 Å². The number of H-pyrrole nitrogens is 1. The summed E-state index contributed by atoms with van der Waals surface area (Å²) in [6.45, 7) is 0. The molecule has 1 amide bonds. The second kappa shape index (κ2) is 8.10. The molecule has 0 saturated carbocycles. The van der Waals surface area contributed by atoms with Crippen molar-refractivity contribution in [3.05, 3.63) is 76.5 Å². The van der Waals surface area contributed by atoms with Crippen molar-refractivity contribution in [2.24, 2.45) is 5.73 Å². The molecule has 7 nitrogen and oxygen atoms in total. The van der Waals surface area contributed by atoms with Gasteiger partial charge >= 0.3 is 6.18 Å². The maximum atomic E-state index is 13.1. The van der Waals surface area contributed by atoms with Gasteiger partial charge in [0.15, 0.2) is 17.1 Å². The number of aromatic amines is 1. The molecule has 5 rings (SSSR count). The first-order chi connectivity index (χ1) is 16.2. The van der Waals surface area contributed by atoms with Crippen LogP contribution < -0.4 is 15.8 Å². The van der Waals surface area contributed by atoms with Crippen molar-refractivity contribution in [2.75, 3.05) is 5.32 Å². The minimum Gasteiger partial charge on any atom is -0.453 e. The molecule has 0 aliphatic heterocycles. The summed E-state index contributed by atoms with van der Waals surface area (Å²) >= 11 is 3.15. The molecule has 4 N–H and O–H groups in total. The first kappa shape index (κ1) is 21.8. The quantitative estimate of drug-likeness (QED) is 0.233. The highest BCUT2D eigenvalue weighted by Gasteiger charge is 2.31. The molecule has 0 unspecified atom stereocenters. The zero-order valence-corrected chi connectivity index (χ0v) is 18.6. The van der Waals surface area contributed by atoms with Crippen LogP contribution in [-0.4, -0.2) is 15.9 Å². The molecular formula is C23H14BrF3N4O3. The van der Waals surface area contributed by atoms with Gasteiger partial charge in [0.05, 0.1) is 11.1 Å². The molecule has 0 bridgehead atoms. The van der Waals surface area contributed by atoms with Gasteiger partial charge in [-0.3, -0.25) is 4.79 Å². The fraction of sp³-hybridized carbons (Fsp3) is 0.0435. The number of furan rings is 1. The van der Waals surface area contributed by atoms with Crippen molar-refractivity contribution in [1.82, 2.24) is 9.97 Å². The van der Waals surface area contributed by atoms with E-state index in [-0.39, 0.29) is 21.7 Å². The number of amides is 1. The average molecular weight is 531 g/mol. The molecule has 2 aromatic heterocycles. The van der Waals surface area contributed by atoms with Gasteiger partial charge in [-0.25, -0.2) is 4.98 Å². The van der Waals surface area contributed by atoms with Crippen molar-refractivity contribution in [2.45, 2.75) is 6.18 Å². The van der Waals surface area contributed by atoms with Crippen LogP contribution in [0.1, 0.15) is 16.1 Å². The third kappa shape index (κ3) is 4.17. The van der Waals surface area contributed by atoms with Crippen molar-refractivity contribution in [3.8, 4) is 11.5 Å². The number of primary amides is 1. The van der Waals surface area contributed by atoms with E-state index in [9.17, 15) is 18.0 Å².